The number of aromatic nitrogens is 2. The number of nitrogens with zero attached hydrogens (tertiary/aromatic N) is 2. The Bertz CT molecular complexity index is 1020. The SMILES string of the molecule is COc1ccc(OCc2cccc3c(-c4ncccn4)cccc23)cc1. The molecule has 0 radical (unpaired) electrons. The predicted octanol–water partition coefficient (Wildman–Crippen LogP) is 4.88. The molecule has 4 heteroatoms. The van der Waals surface area contributed by atoms with Gasteiger partial charge in [-0.25, -0.2) is 9.97 Å². The van der Waals surface area contributed by atoms with Gasteiger partial charge in [-0.15, -0.1) is 0 Å². The van der Waals surface area contributed by atoms with Gasteiger partial charge < -0.3 is 9.47 Å². The van der Waals surface area contributed by atoms with Gasteiger partial charge in [0.05, 0.1) is 7.11 Å². The average Bonchev–Trinajstić information content (AvgIpc) is 2.73. The molecule has 0 aliphatic heterocycles. The Morgan fingerprint density at radius 2 is 1.42 bits per heavy atom. The van der Waals surface area contributed by atoms with Gasteiger partial charge in [0, 0.05) is 18.0 Å². The van der Waals surface area contributed by atoms with Crippen LogP contribution in [0, 0.1) is 0 Å². The highest BCUT2D eigenvalue weighted by molar-refractivity contribution is 5.96. The molecule has 1 heterocycles. The molecule has 0 fully saturated rings. The number of methoxy groups -OCH3 is 1. The van der Waals surface area contributed by atoms with Gasteiger partial charge >= 0.3 is 0 Å². The van der Waals surface area contributed by atoms with Crippen molar-refractivity contribution in [2.75, 3.05) is 7.11 Å². The van der Waals surface area contributed by atoms with E-state index in [9.17, 15) is 0 Å². The normalized spacial score (nSPS) is 10.7. The lowest BCUT2D eigenvalue weighted by Gasteiger charge is -2.11. The summed E-state index contributed by atoms with van der Waals surface area (Å²) >= 11 is 0. The second kappa shape index (κ2) is 7.23. The highest BCUT2D eigenvalue weighted by Crippen LogP contribution is 2.29. The summed E-state index contributed by atoms with van der Waals surface area (Å²) in [4.78, 5) is 8.77. The van der Waals surface area contributed by atoms with Crippen LogP contribution in [-0.2, 0) is 6.61 Å². The second-order valence-corrected chi connectivity index (χ2v) is 5.85. The van der Waals surface area contributed by atoms with Crippen LogP contribution in [0.15, 0.2) is 79.1 Å². The van der Waals surface area contributed by atoms with Crippen LogP contribution in [0.2, 0.25) is 0 Å². The smallest absolute Gasteiger partial charge is 0.159 e. The molecule has 0 N–H and O–H groups in total. The van der Waals surface area contributed by atoms with Gasteiger partial charge in [0.15, 0.2) is 5.82 Å². The Morgan fingerprint density at radius 1 is 0.731 bits per heavy atom. The maximum Gasteiger partial charge on any atom is 0.159 e. The zero-order valence-electron chi connectivity index (χ0n) is 14.4. The lowest BCUT2D eigenvalue weighted by molar-refractivity contribution is 0.307. The van der Waals surface area contributed by atoms with E-state index >= 15 is 0 Å². The highest BCUT2D eigenvalue weighted by Gasteiger charge is 2.09. The molecule has 0 aliphatic carbocycles. The minimum Gasteiger partial charge on any atom is -0.497 e. The summed E-state index contributed by atoms with van der Waals surface area (Å²) in [6, 6.07) is 21.8. The molecular formula is C22H18N2O2. The summed E-state index contributed by atoms with van der Waals surface area (Å²) in [5.41, 5.74) is 2.14. The van der Waals surface area contributed by atoms with Crippen LogP contribution in [0.4, 0.5) is 0 Å². The molecule has 0 saturated heterocycles. The Labute approximate surface area is 152 Å². The molecular weight excluding hydrogens is 324 g/mol. The Balaban J connectivity index is 1.65. The summed E-state index contributed by atoms with van der Waals surface area (Å²) in [5, 5.41) is 2.26. The fourth-order valence-corrected chi connectivity index (χ4v) is 2.97. The van der Waals surface area contributed by atoms with E-state index in [0.29, 0.717) is 6.61 Å². The average molecular weight is 342 g/mol. The molecule has 4 aromatic rings. The van der Waals surface area contributed by atoms with E-state index in [1.165, 1.54) is 0 Å². The number of fused-ring (bicyclic) bond motifs is 1. The monoisotopic (exact) mass is 342 g/mol. The van der Waals surface area contributed by atoms with E-state index in [2.05, 4.69) is 28.2 Å². The fourth-order valence-electron chi connectivity index (χ4n) is 2.97. The van der Waals surface area contributed by atoms with Crippen LogP contribution in [0.25, 0.3) is 22.2 Å². The summed E-state index contributed by atoms with van der Waals surface area (Å²) in [5.74, 6) is 2.35. The molecule has 4 nitrogen and oxygen atoms in total. The molecule has 0 aliphatic rings. The van der Waals surface area contributed by atoms with Crippen LogP contribution in [0.1, 0.15) is 5.56 Å². The fraction of sp³-hybridized carbons (Fsp3) is 0.0909. The van der Waals surface area contributed by atoms with E-state index < -0.39 is 0 Å². The Kier molecular flexibility index (Phi) is 4.48. The molecule has 0 atom stereocenters. The summed E-state index contributed by atoms with van der Waals surface area (Å²) in [6.07, 6.45) is 3.52. The quantitative estimate of drug-likeness (QED) is 0.518. The molecule has 0 unspecified atom stereocenters. The molecule has 3 aromatic carbocycles. The van der Waals surface area contributed by atoms with Gasteiger partial charge in [-0.1, -0.05) is 36.4 Å². The first kappa shape index (κ1) is 16.1. The number of hydrogen-bond acceptors (Lipinski definition) is 4. The van der Waals surface area contributed by atoms with E-state index in [1.54, 1.807) is 19.5 Å². The third-order valence-corrected chi connectivity index (χ3v) is 4.27. The van der Waals surface area contributed by atoms with E-state index in [4.69, 9.17) is 9.47 Å². The number of benzene rings is 3. The van der Waals surface area contributed by atoms with Crippen molar-refractivity contribution in [2.24, 2.45) is 0 Å². The van der Waals surface area contributed by atoms with Gasteiger partial charge in [-0.3, -0.25) is 0 Å². The maximum atomic E-state index is 5.96. The van der Waals surface area contributed by atoms with Gasteiger partial charge in [0.1, 0.15) is 18.1 Å². The van der Waals surface area contributed by atoms with Crippen LogP contribution in [0.5, 0.6) is 11.5 Å². The number of ether oxygens (including phenoxy) is 2. The molecule has 1 aromatic heterocycles. The minimum atomic E-state index is 0.489. The minimum absolute atomic E-state index is 0.489. The van der Waals surface area contributed by atoms with Crippen LogP contribution >= 0.6 is 0 Å². The van der Waals surface area contributed by atoms with Gasteiger partial charge in [-0.2, -0.15) is 0 Å². The molecule has 0 bridgehead atoms. The van der Waals surface area contributed by atoms with Gasteiger partial charge in [0.2, 0.25) is 0 Å². The third-order valence-electron chi connectivity index (χ3n) is 4.27. The van der Waals surface area contributed by atoms with Crippen LogP contribution in [-0.4, -0.2) is 17.1 Å². The molecule has 128 valence electrons. The van der Waals surface area contributed by atoms with Gasteiger partial charge in [0.25, 0.3) is 0 Å². The summed E-state index contributed by atoms with van der Waals surface area (Å²) < 4.78 is 11.1. The first-order valence-corrected chi connectivity index (χ1v) is 8.40. The molecule has 26 heavy (non-hydrogen) atoms. The Morgan fingerprint density at radius 3 is 2.19 bits per heavy atom. The molecule has 4 rings (SSSR count). The van der Waals surface area contributed by atoms with Gasteiger partial charge in [-0.05, 0) is 46.7 Å². The van der Waals surface area contributed by atoms with E-state index in [-0.39, 0.29) is 0 Å². The molecule has 0 amide bonds. The van der Waals surface area contributed by atoms with Crippen LogP contribution in [0.3, 0.4) is 0 Å². The van der Waals surface area contributed by atoms with Crippen molar-refractivity contribution in [3.8, 4) is 22.9 Å². The first-order valence-electron chi connectivity index (χ1n) is 8.40. The zero-order chi connectivity index (χ0) is 17.8. The van der Waals surface area contributed by atoms with E-state index in [1.807, 2.05) is 48.5 Å². The topological polar surface area (TPSA) is 44.2 Å². The lowest BCUT2D eigenvalue weighted by Crippen LogP contribution is -1.97. The largest absolute Gasteiger partial charge is 0.497 e. The zero-order valence-corrected chi connectivity index (χ0v) is 14.4. The van der Waals surface area contributed by atoms with Crippen LogP contribution < -0.4 is 9.47 Å². The summed E-state index contributed by atoms with van der Waals surface area (Å²) in [6.45, 7) is 0.489. The van der Waals surface area contributed by atoms with Crippen molar-refractivity contribution >= 4 is 10.8 Å². The standard InChI is InChI=1S/C22H18N2O2/c1-25-17-9-11-18(12-10-17)26-15-16-5-2-7-20-19(16)6-3-8-21(20)22-23-13-4-14-24-22/h2-14H,15H2,1H3. The summed E-state index contributed by atoms with van der Waals surface area (Å²) in [7, 11) is 1.65. The predicted molar refractivity (Wildman–Crippen MR) is 102 cm³/mol. The molecule has 0 spiro atoms. The van der Waals surface area contributed by atoms with Crippen molar-refractivity contribution < 1.29 is 9.47 Å². The Hall–Kier alpha value is -3.40. The van der Waals surface area contributed by atoms with Crippen molar-refractivity contribution in [3.05, 3.63) is 84.7 Å². The second-order valence-electron chi connectivity index (χ2n) is 5.85. The highest BCUT2D eigenvalue weighted by atomic mass is 16.5. The van der Waals surface area contributed by atoms with Crippen molar-refractivity contribution in [1.29, 1.82) is 0 Å². The maximum absolute atomic E-state index is 5.96. The van der Waals surface area contributed by atoms with E-state index in [0.717, 1.165) is 39.2 Å². The third kappa shape index (κ3) is 3.22. The number of hydrogen-bond donors (Lipinski definition) is 0. The molecule has 0 saturated carbocycles. The first-order chi connectivity index (χ1) is 12.8. The lowest BCUT2D eigenvalue weighted by atomic mass is 10.00. The van der Waals surface area contributed by atoms with Crippen molar-refractivity contribution in [2.45, 2.75) is 6.61 Å². The van der Waals surface area contributed by atoms with Crippen molar-refractivity contribution in [1.82, 2.24) is 9.97 Å². The van der Waals surface area contributed by atoms with Crippen molar-refractivity contribution in [3.63, 3.8) is 0 Å². The number of rotatable bonds is 5.